The largest absolute Gasteiger partial charge is 0.497 e. The molecule has 1 heterocycles. The highest BCUT2D eigenvalue weighted by atomic mass is 32.1. The number of rotatable bonds is 5. The standard InChI is InChI=1S/C20H21N3O2S/c1-19(2)12-20(19,14-5-7-15(25-3)8-6-14)18(24)21-11-13-4-9-16-17(10-13)23-26-22-16/h4-10H,11-12H2,1-3H3,(H,21,24)/t20-/m1/s1. The Morgan fingerprint density at radius 3 is 2.50 bits per heavy atom. The number of methoxy groups -OCH3 is 1. The van der Waals surface area contributed by atoms with Gasteiger partial charge in [-0.2, -0.15) is 8.75 Å². The molecule has 3 aromatic rings. The molecule has 1 aromatic heterocycles. The molecule has 6 heteroatoms. The molecule has 1 aliphatic rings. The number of nitrogens with zero attached hydrogens (tertiary/aromatic N) is 2. The van der Waals surface area contributed by atoms with E-state index in [1.807, 2.05) is 42.5 Å². The summed E-state index contributed by atoms with van der Waals surface area (Å²) in [6, 6.07) is 13.8. The van der Waals surface area contributed by atoms with Crippen LogP contribution in [0, 0.1) is 5.41 Å². The van der Waals surface area contributed by atoms with Crippen molar-refractivity contribution in [2.75, 3.05) is 7.11 Å². The lowest BCUT2D eigenvalue weighted by Gasteiger charge is -2.21. The lowest BCUT2D eigenvalue weighted by Crippen LogP contribution is -2.37. The molecule has 2 aromatic carbocycles. The molecule has 4 rings (SSSR count). The van der Waals surface area contributed by atoms with Gasteiger partial charge in [0.1, 0.15) is 16.8 Å². The van der Waals surface area contributed by atoms with Crippen LogP contribution >= 0.6 is 11.7 Å². The Bertz CT molecular complexity index is 965. The number of amides is 1. The maximum atomic E-state index is 13.1. The van der Waals surface area contributed by atoms with Crippen molar-refractivity contribution in [3.8, 4) is 5.75 Å². The van der Waals surface area contributed by atoms with Crippen molar-refractivity contribution in [1.29, 1.82) is 0 Å². The van der Waals surface area contributed by atoms with Crippen LogP contribution in [0.25, 0.3) is 11.0 Å². The molecule has 1 atom stereocenters. The van der Waals surface area contributed by atoms with Crippen LogP contribution in [0.15, 0.2) is 42.5 Å². The van der Waals surface area contributed by atoms with Gasteiger partial charge in [-0.25, -0.2) is 0 Å². The fourth-order valence-corrected chi connectivity index (χ4v) is 4.29. The highest BCUT2D eigenvalue weighted by Crippen LogP contribution is 2.64. The van der Waals surface area contributed by atoms with E-state index in [1.54, 1.807) is 7.11 Å². The second-order valence-electron chi connectivity index (χ2n) is 7.46. The summed E-state index contributed by atoms with van der Waals surface area (Å²) in [5.74, 6) is 0.872. The number of hydrogen-bond acceptors (Lipinski definition) is 5. The van der Waals surface area contributed by atoms with Gasteiger partial charge in [-0.05, 0) is 47.2 Å². The lowest BCUT2D eigenvalue weighted by molar-refractivity contribution is -0.124. The number of carbonyl (C=O) groups is 1. The van der Waals surface area contributed by atoms with Gasteiger partial charge in [-0.15, -0.1) is 0 Å². The molecule has 0 bridgehead atoms. The maximum Gasteiger partial charge on any atom is 0.231 e. The second kappa shape index (κ2) is 6.06. The third-order valence-electron chi connectivity index (χ3n) is 5.48. The summed E-state index contributed by atoms with van der Waals surface area (Å²) in [6.45, 7) is 4.77. The Morgan fingerprint density at radius 2 is 1.85 bits per heavy atom. The Balaban J connectivity index is 1.54. The van der Waals surface area contributed by atoms with Crippen LogP contribution in [-0.4, -0.2) is 21.8 Å². The Labute approximate surface area is 156 Å². The number of benzene rings is 2. The van der Waals surface area contributed by atoms with E-state index < -0.39 is 5.41 Å². The summed E-state index contributed by atoms with van der Waals surface area (Å²) >= 11 is 1.20. The van der Waals surface area contributed by atoms with Crippen LogP contribution in [0.3, 0.4) is 0 Å². The van der Waals surface area contributed by atoms with Crippen LogP contribution < -0.4 is 10.1 Å². The van der Waals surface area contributed by atoms with Crippen molar-refractivity contribution in [1.82, 2.24) is 14.1 Å². The van der Waals surface area contributed by atoms with E-state index in [9.17, 15) is 4.79 Å². The second-order valence-corrected chi connectivity index (χ2v) is 7.99. The average molecular weight is 367 g/mol. The quantitative estimate of drug-likeness (QED) is 0.747. The lowest BCUT2D eigenvalue weighted by atomic mass is 9.87. The van der Waals surface area contributed by atoms with E-state index in [-0.39, 0.29) is 11.3 Å². The molecule has 0 saturated heterocycles. The zero-order chi connectivity index (χ0) is 18.4. The van der Waals surface area contributed by atoms with Crippen molar-refractivity contribution < 1.29 is 9.53 Å². The highest BCUT2D eigenvalue weighted by Gasteiger charge is 2.66. The molecule has 1 amide bonds. The zero-order valence-electron chi connectivity index (χ0n) is 15.1. The van der Waals surface area contributed by atoms with Crippen molar-refractivity contribution in [2.24, 2.45) is 5.41 Å². The van der Waals surface area contributed by atoms with Gasteiger partial charge in [-0.3, -0.25) is 4.79 Å². The normalized spacial score (nSPS) is 20.7. The number of fused-ring (bicyclic) bond motifs is 1. The van der Waals surface area contributed by atoms with Gasteiger partial charge in [0.15, 0.2) is 0 Å². The number of hydrogen-bond donors (Lipinski definition) is 1. The first-order valence-electron chi connectivity index (χ1n) is 8.60. The SMILES string of the molecule is COc1ccc([C@@]2(C(=O)NCc3ccc4nsnc4c3)CC2(C)C)cc1. The average Bonchev–Trinajstić information content (AvgIpc) is 3.01. The van der Waals surface area contributed by atoms with E-state index >= 15 is 0 Å². The van der Waals surface area contributed by atoms with E-state index in [0.29, 0.717) is 6.54 Å². The monoisotopic (exact) mass is 367 g/mol. The van der Waals surface area contributed by atoms with E-state index in [4.69, 9.17) is 4.74 Å². The highest BCUT2D eigenvalue weighted by molar-refractivity contribution is 7.00. The molecule has 1 saturated carbocycles. The molecule has 5 nitrogen and oxygen atoms in total. The summed E-state index contributed by atoms with van der Waals surface area (Å²) in [5, 5.41) is 3.13. The molecular weight excluding hydrogens is 346 g/mol. The summed E-state index contributed by atoms with van der Waals surface area (Å²) in [4.78, 5) is 13.1. The summed E-state index contributed by atoms with van der Waals surface area (Å²) < 4.78 is 13.7. The van der Waals surface area contributed by atoms with Crippen LogP contribution in [0.4, 0.5) is 0 Å². The van der Waals surface area contributed by atoms with Crippen LogP contribution in [0.2, 0.25) is 0 Å². The van der Waals surface area contributed by atoms with Crippen molar-refractivity contribution in [3.63, 3.8) is 0 Å². The molecule has 26 heavy (non-hydrogen) atoms. The predicted octanol–water partition coefficient (Wildman–Crippen LogP) is 3.68. The topological polar surface area (TPSA) is 64.1 Å². The van der Waals surface area contributed by atoms with Crippen LogP contribution in [0.1, 0.15) is 31.4 Å². The van der Waals surface area contributed by atoms with E-state index in [0.717, 1.165) is 34.3 Å². The van der Waals surface area contributed by atoms with Gasteiger partial charge in [-0.1, -0.05) is 32.0 Å². The third-order valence-corrected chi connectivity index (χ3v) is 6.04. The van der Waals surface area contributed by atoms with Crippen molar-refractivity contribution in [3.05, 3.63) is 53.6 Å². The van der Waals surface area contributed by atoms with E-state index in [1.165, 1.54) is 11.7 Å². The first kappa shape index (κ1) is 17.0. The molecule has 1 aliphatic carbocycles. The molecule has 1 N–H and O–H groups in total. The van der Waals surface area contributed by atoms with Crippen LogP contribution in [-0.2, 0) is 16.8 Å². The molecule has 0 radical (unpaired) electrons. The molecular formula is C20H21N3O2S. The van der Waals surface area contributed by atoms with Gasteiger partial charge in [0.05, 0.1) is 24.3 Å². The van der Waals surface area contributed by atoms with Crippen molar-refractivity contribution >= 4 is 28.7 Å². The minimum atomic E-state index is -0.481. The fourth-order valence-electron chi connectivity index (χ4n) is 3.78. The van der Waals surface area contributed by atoms with Crippen molar-refractivity contribution in [2.45, 2.75) is 32.2 Å². The minimum Gasteiger partial charge on any atom is -0.497 e. The third kappa shape index (κ3) is 2.65. The number of ether oxygens (including phenoxy) is 1. The predicted molar refractivity (Wildman–Crippen MR) is 102 cm³/mol. The first-order chi connectivity index (χ1) is 12.5. The zero-order valence-corrected chi connectivity index (χ0v) is 15.9. The summed E-state index contributed by atoms with van der Waals surface area (Å²) in [5.41, 5.74) is 3.29. The van der Waals surface area contributed by atoms with Gasteiger partial charge < -0.3 is 10.1 Å². The molecule has 1 fully saturated rings. The Hall–Kier alpha value is -2.47. The molecule has 134 valence electrons. The Morgan fingerprint density at radius 1 is 1.15 bits per heavy atom. The molecule has 0 spiro atoms. The summed E-state index contributed by atoms with van der Waals surface area (Å²) in [6.07, 6.45) is 0.840. The van der Waals surface area contributed by atoms with Crippen LogP contribution in [0.5, 0.6) is 5.75 Å². The van der Waals surface area contributed by atoms with Gasteiger partial charge >= 0.3 is 0 Å². The number of aromatic nitrogens is 2. The number of nitrogens with one attached hydrogen (secondary N) is 1. The first-order valence-corrected chi connectivity index (χ1v) is 9.33. The summed E-state index contributed by atoms with van der Waals surface area (Å²) in [7, 11) is 1.65. The fraction of sp³-hybridized carbons (Fsp3) is 0.350. The smallest absolute Gasteiger partial charge is 0.231 e. The Kier molecular flexibility index (Phi) is 3.95. The number of carbonyl (C=O) groups excluding carboxylic acids is 1. The van der Waals surface area contributed by atoms with Gasteiger partial charge in [0.2, 0.25) is 5.91 Å². The molecule has 0 aliphatic heterocycles. The van der Waals surface area contributed by atoms with Gasteiger partial charge in [0, 0.05) is 6.54 Å². The maximum absolute atomic E-state index is 13.1. The minimum absolute atomic E-state index is 0.0611. The van der Waals surface area contributed by atoms with Gasteiger partial charge in [0.25, 0.3) is 0 Å². The molecule has 0 unspecified atom stereocenters. The van der Waals surface area contributed by atoms with E-state index in [2.05, 4.69) is 27.9 Å².